The zero-order valence-electron chi connectivity index (χ0n) is 13.8. The molecule has 0 aliphatic carbocycles. The molecule has 122 valence electrons. The van der Waals surface area contributed by atoms with Crippen LogP contribution in [0.2, 0.25) is 0 Å². The number of amides is 2. The van der Waals surface area contributed by atoms with Gasteiger partial charge in [0, 0.05) is 32.5 Å². The van der Waals surface area contributed by atoms with E-state index in [9.17, 15) is 9.59 Å². The third-order valence-electron chi connectivity index (χ3n) is 3.58. The van der Waals surface area contributed by atoms with Crippen molar-refractivity contribution in [1.29, 1.82) is 0 Å². The highest BCUT2D eigenvalue weighted by Gasteiger charge is 2.11. The van der Waals surface area contributed by atoms with Crippen LogP contribution in [0.4, 0.5) is 5.69 Å². The number of hydrogen-bond donors (Lipinski definition) is 1. The molecule has 2 aromatic rings. The first kappa shape index (κ1) is 16.6. The maximum Gasteiger partial charge on any atom is 0.272 e. The van der Waals surface area contributed by atoms with E-state index in [4.69, 9.17) is 4.74 Å². The van der Waals surface area contributed by atoms with Gasteiger partial charge in [0.25, 0.3) is 11.8 Å². The Morgan fingerprint density at radius 1 is 1.13 bits per heavy atom. The second-order valence-corrected chi connectivity index (χ2v) is 5.47. The van der Waals surface area contributed by atoms with Crippen LogP contribution in [-0.4, -0.2) is 42.0 Å². The van der Waals surface area contributed by atoms with Gasteiger partial charge < -0.3 is 19.5 Å². The number of carbonyl (C=O) groups excluding carboxylic acids is 2. The highest BCUT2D eigenvalue weighted by atomic mass is 16.5. The van der Waals surface area contributed by atoms with Crippen LogP contribution in [0.25, 0.3) is 0 Å². The summed E-state index contributed by atoms with van der Waals surface area (Å²) < 4.78 is 7.22. The van der Waals surface area contributed by atoms with Crippen LogP contribution in [0.5, 0.6) is 5.75 Å². The zero-order chi connectivity index (χ0) is 17.0. The van der Waals surface area contributed by atoms with E-state index in [1.54, 1.807) is 44.4 Å². The Morgan fingerprint density at radius 3 is 2.30 bits per heavy atom. The molecule has 0 unspecified atom stereocenters. The Labute approximate surface area is 135 Å². The summed E-state index contributed by atoms with van der Waals surface area (Å²) in [7, 11) is 5.20. The molecule has 0 aliphatic rings. The van der Waals surface area contributed by atoms with Crippen LogP contribution in [0, 0.1) is 6.92 Å². The molecule has 0 saturated carbocycles. The van der Waals surface area contributed by atoms with Gasteiger partial charge >= 0.3 is 0 Å². The van der Waals surface area contributed by atoms with Crippen molar-refractivity contribution in [3.63, 3.8) is 0 Å². The molecular formula is C17H21N3O3. The van der Waals surface area contributed by atoms with Gasteiger partial charge in [-0.15, -0.1) is 0 Å². The molecule has 0 atom stereocenters. The van der Waals surface area contributed by atoms with Crippen molar-refractivity contribution in [2.45, 2.75) is 6.92 Å². The molecule has 0 aliphatic heterocycles. The quantitative estimate of drug-likeness (QED) is 0.918. The second kappa shape index (κ2) is 7.00. The predicted molar refractivity (Wildman–Crippen MR) is 88.7 cm³/mol. The van der Waals surface area contributed by atoms with Gasteiger partial charge in [-0.1, -0.05) is 0 Å². The molecule has 6 nitrogen and oxygen atoms in total. The fourth-order valence-electron chi connectivity index (χ4n) is 1.94. The molecular weight excluding hydrogens is 294 g/mol. The van der Waals surface area contributed by atoms with Gasteiger partial charge in [-0.05, 0) is 43.3 Å². The van der Waals surface area contributed by atoms with Crippen LogP contribution in [-0.2, 0) is 11.8 Å². The highest BCUT2D eigenvalue weighted by molar-refractivity contribution is 6.03. The van der Waals surface area contributed by atoms with Crippen molar-refractivity contribution < 1.29 is 14.3 Å². The number of rotatable bonds is 5. The van der Waals surface area contributed by atoms with Gasteiger partial charge in [0.15, 0.2) is 6.61 Å². The van der Waals surface area contributed by atoms with Gasteiger partial charge in [0.05, 0.1) is 0 Å². The molecule has 23 heavy (non-hydrogen) atoms. The molecule has 1 aromatic heterocycles. The average Bonchev–Trinajstić information content (AvgIpc) is 2.86. The van der Waals surface area contributed by atoms with Crippen molar-refractivity contribution >= 4 is 17.5 Å². The SMILES string of the molecule is Cc1ccc(C(=O)Nc2ccc(OCC(=O)N(C)C)cc2)n1C. The first-order chi connectivity index (χ1) is 10.9. The number of ether oxygens (including phenoxy) is 1. The molecule has 2 amide bonds. The van der Waals surface area contributed by atoms with Crippen LogP contribution < -0.4 is 10.1 Å². The van der Waals surface area contributed by atoms with Crippen LogP contribution in [0.3, 0.4) is 0 Å². The predicted octanol–water partition coefficient (Wildman–Crippen LogP) is 2.05. The number of carbonyl (C=O) groups is 2. The minimum absolute atomic E-state index is 0.0126. The lowest BCUT2D eigenvalue weighted by atomic mass is 10.3. The number of benzene rings is 1. The van der Waals surface area contributed by atoms with E-state index in [-0.39, 0.29) is 18.4 Å². The molecule has 0 bridgehead atoms. The van der Waals surface area contributed by atoms with Crippen LogP contribution in [0.15, 0.2) is 36.4 Å². The smallest absolute Gasteiger partial charge is 0.272 e. The average molecular weight is 315 g/mol. The summed E-state index contributed by atoms with van der Waals surface area (Å²) in [5, 5.41) is 2.83. The summed E-state index contributed by atoms with van der Waals surface area (Å²) in [6, 6.07) is 10.6. The number of nitrogens with one attached hydrogen (secondary N) is 1. The normalized spacial score (nSPS) is 10.3. The molecule has 0 fully saturated rings. The Balaban J connectivity index is 1.96. The zero-order valence-corrected chi connectivity index (χ0v) is 13.8. The van der Waals surface area contributed by atoms with E-state index in [0.717, 1.165) is 5.69 Å². The molecule has 6 heteroatoms. The van der Waals surface area contributed by atoms with Crippen molar-refractivity contribution in [3.8, 4) is 5.75 Å². The Kier molecular flexibility index (Phi) is 5.05. The van der Waals surface area contributed by atoms with E-state index in [1.165, 1.54) is 4.90 Å². The monoisotopic (exact) mass is 315 g/mol. The third-order valence-corrected chi connectivity index (χ3v) is 3.58. The topological polar surface area (TPSA) is 63.6 Å². The van der Waals surface area contributed by atoms with E-state index in [0.29, 0.717) is 17.1 Å². The maximum absolute atomic E-state index is 12.2. The minimum atomic E-state index is -0.169. The van der Waals surface area contributed by atoms with Gasteiger partial charge in [-0.3, -0.25) is 9.59 Å². The lowest BCUT2D eigenvalue weighted by Crippen LogP contribution is -2.27. The first-order valence-electron chi connectivity index (χ1n) is 7.25. The van der Waals surface area contributed by atoms with E-state index in [2.05, 4.69) is 5.32 Å². The van der Waals surface area contributed by atoms with E-state index < -0.39 is 0 Å². The molecule has 1 heterocycles. The number of aromatic nitrogens is 1. The number of anilines is 1. The molecule has 2 rings (SSSR count). The lowest BCUT2D eigenvalue weighted by Gasteiger charge is -2.12. The highest BCUT2D eigenvalue weighted by Crippen LogP contribution is 2.17. The van der Waals surface area contributed by atoms with Gasteiger partial charge in [0.2, 0.25) is 0 Å². The van der Waals surface area contributed by atoms with E-state index in [1.807, 2.05) is 24.6 Å². The second-order valence-electron chi connectivity index (χ2n) is 5.47. The summed E-state index contributed by atoms with van der Waals surface area (Å²) in [6.07, 6.45) is 0. The van der Waals surface area contributed by atoms with Crippen LogP contribution in [0.1, 0.15) is 16.2 Å². The molecule has 1 aromatic carbocycles. The minimum Gasteiger partial charge on any atom is -0.484 e. The largest absolute Gasteiger partial charge is 0.484 e. The molecule has 1 N–H and O–H groups in total. The fraction of sp³-hybridized carbons (Fsp3) is 0.294. The number of likely N-dealkylation sites (N-methyl/N-ethyl adjacent to an activating group) is 1. The Hall–Kier alpha value is -2.76. The van der Waals surface area contributed by atoms with Crippen LogP contribution >= 0.6 is 0 Å². The van der Waals surface area contributed by atoms with Crippen molar-refractivity contribution in [2.24, 2.45) is 7.05 Å². The van der Waals surface area contributed by atoms with Crippen molar-refractivity contribution in [1.82, 2.24) is 9.47 Å². The first-order valence-corrected chi connectivity index (χ1v) is 7.25. The molecule has 0 radical (unpaired) electrons. The summed E-state index contributed by atoms with van der Waals surface area (Å²) >= 11 is 0. The van der Waals surface area contributed by atoms with Gasteiger partial charge in [-0.25, -0.2) is 0 Å². The summed E-state index contributed by atoms with van der Waals surface area (Å²) in [6.45, 7) is 1.93. The Morgan fingerprint density at radius 2 is 1.78 bits per heavy atom. The summed E-state index contributed by atoms with van der Waals surface area (Å²) in [4.78, 5) is 25.1. The number of aryl methyl sites for hydroxylation is 1. The van der Waals surface area contributed by atoms with Crippen molar-refractivity contribution in [3.05, 3.63) is 47.8 Å². The van der Waals surface area contributed by atoms with E-state index >= 15 is 0 Å². The molecule has 0 spiro atoms. The Bertz CT molecular complexity index is 702. The van der Waals surface area contributed by atoms with Crippen molar-refractivity contribution in [2.75, 3.05) is 26.0 Å². The lowest BCUT2D eigenvalue weighted by molar-refractivity contribution is -0.130. The third kappa shape index (κ3) is 4.12. The summed E-state index contributed by atoms with van der Waals surface area (Å²) in [5.74, 6) is 0.298. The number of hydrogen-bond acceptors (Lipinski definition) is 3. The maximum atomic E-state index is 12.2. The van der Waals surface area contributed by atoms with Gasteiger partial charge in [0.1, 0.15) is 11.4 Å². The number of nitrogens with zero attached hydrogens (tertiary/aromatic N) is 2. The summed E-state index contributed by atoms with van der Waals surface area (Å²) in [5.41, 5.74) is 2.28. The molecule has 0 saturated heterocycles. The van der Waals surface area contributed by atoms with Gasteiger partial charge in [-0.2, -0.15) is 0 Å². The fourth-order valence-corrected chi connectivity index (χ4v) is 1.94. The standard InChI is InChI=1S/C17H21N3O3/c1-12-5-10-15(20(12)4)17(22)18-13-6-8-14(9-7-13)23-11-16(21)19(2)3/h5-10H,11H2,1-4H3,(H,18,22).